The zero-order chi connectivity index (χ0) is 21.8. The Morgan fingerprint density at radius 2 is 1.87 bits per heavy atom. The Balaban J connectivity index is 1.49. The highest BCUT2D eigenvalue weighted by molar-refractivity contribution is 8.00. The molecule has 1 saturated heterocycles. The molecule has 1 aliphatic rings. The number of halogens is 1. The van der Waals surface area contributed by atoms with E-state index < -0.39 is 0 Å². The second kappa shape index (κ2) is 9.45. The van der Waals surface area contributed by atoms with Crippen molar-refractivity contribution >= 4 is 46.6 Å². The fourth-order valence-electron chi connectivity index (χ4n) is 3.38. The summed E-state index contributed by atoms with van der Waals surface area (Å²) in [4.78, 5) is 26.8. The molecule has 7 heteroatoms. The Morgan fingerprint density at radius 3 is 2.55 bits per heavy atom. The summed E-state index contributed by atoms with van der Waals surface area (Å²) in [5.41, 5.74) is 3.00. The van der Waals surface area contributed by atoms with E-state index in [1.165, 1.54) is 0 Å². The van der Waals surface area contributed by atoms with Crippen molar-refractivity contribution in [1.82, 2.24) is 0 Å². The first-order chi connectivity index (χ1) is 15.0. The fourth-order valence-corrected chi connectivity index (χ4v) is 4.75. The van der Waals surface area contributed by atoms with Crippen molar-refractivity contribution in [3.8, 4) is 5.75 Å². The molecule has 0 spiro atoms. The zero-order valence-corrected chi connectivity index (χ0v) is 18.5. The van der Waals surface area contributed by atoms with E-state index in [0.29, 0.717) is 28.6 Å². The lowest BCUT2D eigenvalue weighted by molar-refractivity contribution is -0.115. The molecule has 3 aromatic rings. The average Bonchev–Trinajstić information content (AvgIpc) is 3.16. The van der Waals surface area contributed by atoms with Crippen molar-refractivity contribution < 1.29 is 14.3 Å². The van der Waals surface area contributed by atoms with Gasteiger partial charge < -0.3 is 10.1 Å². The van der Waals surface area contributed by atoms with Gasteiger partial charge in [0.15, 0.2) is 0 Å². The largest absolute Gasteiger partial charge is 0.494 e. The highest BCUT2D eigenvalue weighted by Crippen LogP contribution is 2.42. The van der Waals surface area contributed by atoms with Crippen LogP contribution in [0.5, 0.6) is 5.75 Å². The highest BCUT2D eigenvalue weighted by atomic mass is 35.5. The predicted octanol–water partition coefficient (Wildman–Crippen LogP) is 5.77. The van der Waals surface area contributed by atoms with Crippen molar-refractivity contribution in [1.29, 1.82) is 0 Å². The Labute approximate surface area is 190 Å². The summed E-state index contributed by atoms with van der Waals surface area (Å²) in [5.74, 6) is 1.04. The Bertz CT molecular complexity index is 1090. The Hall–Kier alpha value is -2.96. The van der Waals surface area contributed by atoms with Gasteiger partial charge in [-0.25, -0.2) is 0 Å². The minimum absolute atomic E-state index is 0.0671. The van der Waals surface area contributed by atoms with Gasteiger partial charge in [-0.05, 0) is 67.1 Å². The molecule has 1 aliphatic heterocycles. The molecule has 1 atom stereocenters. The molecule has 0 radical (unpaired) electrons. The third-order valence-electron chi connectivity index (χ3n) is 4.83. The number of carbonyl (C=O) groups excluding carboxylic acids is 2. The average molecular weight is 453 g/mol. The normalized spacial score (nSPS) is 15.7. The Morgan fingerprint density at radius 1 is 1.13 bits per heavy atom. The molecule has 4 rings (SSSR count). The van der Waals surface area contributed by atoms with Gasteiger partial charge in [-0.3, -0.25) is 14.5 Å². The maximum Gasteiger partial charge on any atom is 0.255 e. The van der Waals surface area contributed by atoms with Gasteiger partial charge in [-0.2, -0.15) is 0 Å². The van der Waals surface area contributed by atoms with Crippen LogP contribution >= 0.6 is 23.4 Å². The first-order valence-corrected chi connectivity index (χ1v) is 11.3. The summed E-state index contributed by atoms with van der Waals surface area (Å²) < 4.78 is 5.49. The van der Waals surface area contributed by atoms with Crippen LogP contribution in [0.2, 0.25) is 5.02 Å². The van der Waals surface area contributed by atoms with Crippen LogP contribution < -0.4 is 15.0 Å². The number of hydrogen-bond acceptors (Lipinski definition) is 4. The van der Waals surface area contributed by atoms with Crippen molar-refractivity contribution in [2.45, 2.75) is 12.3 Å². The predicted molar refractivity (Wildman–Crippen MR) is 126 cm³/mol. The minimum atomic E-state index is -0.225. The smallest absolute Gasteiger partial charge is 0.255 e. The van der Waals surface area contributed by atoms with Gasteiger partial charge >= 0.3 is 0 Å². The van der Waals surface area contributed by atoms with Gasteiger partial charge in [-0.15, -0.1) is 11.8 Å². The molecule has 2 amide bonds. The van der Waals surface area contributed by atoms with E-state index in [-0.39, 0.29) is 17.2 Å². The standard InChI is InChI=1S/C24H21ClN2O3S/c1-2-30-21-12-10-20(11-13-21)27-22(28)15-31-24(27)16-6-8-19(9-7-16)26-23(29)17-4-3-5-18(25)14-17/h3-14,24H,2,15H2,1H3,(H,26,29)/t24-/m0/s1. The van der Waals surface area contributed by atoms with E-state index in [2.05, 4.69) is 5.32 Å². The summed E-state index contributed by atoms with van der Waals surface area (Å²) in [6.45, 7) is 2.53. The number of rotatable bonds is 6. The van der Waals surface area contributed by atoms with Crippen LogP contribution in [-0.4, -0.2) is 24.2 Å². The van der Waals surface area contributed by atoms with Crippen LogP contribution in [0.3, 0.4) is 0 Å². The lowest BCUT2D eigenvalue weighted by atomic mass is 10.1. The number of carbonyl (C=O) groups is 2. The molecule has 0 aromatic heterocycles. The van der Waals surface area contributed by atoms with Crippen LogP contribution in [0.1, 0.15) is 28.2 Å². The van der Waals surface area contributed by atoms with E-state index in [0.717, 1.165) is 17.0 Å². The minimum Gasteiger partial charge on any atom is -0.494 e. The summed E-state index contributed by atoms with van der Waals surface area (Å²) in [6.07, 6.45) is 0. The third kappa shape index (κ3) is 4.86. The maximum absolute atomic E-state index is 12.6. The number of nitrogens with zero attached hydrogens (tertiary/aromatic N) is 1. The van der Waals surface area contributed by atoms with Crippen molar-refractivity contribution in [3.05, 3.63) is 88.9 Å². The van der Waals surface area contributed by atoms with Gasteiger partial charge in [0.25, 0.3) is 5.91 Å². The van der Waals surface area contributed by atoms with Crippen molar-refractivity contribution in [2.75, 3.05) is 22.6 Å². The molecule has 0 unspecified atom stereocenters. The quantitative estimate of drug-likeness (QED) is 0.515. The number of nitrogens with one attached hydrogen (secondary N) is 1. The van der Waals surface area contributed by atoms with E-state index in [1.54, 1.807) is 40.9 Å². The lowest BCUT2D eigenvalue weighted by Gasteiger charge is -2.24. The molecular formula is C24H21ClN2O3S. The SMILES string of the molecule is CCOc1ccc(N2C(=O)CS[C@H]2c2ccc(NC(=O)c3cccc(Cl)c3)cc2)cc1. The molecule has 158 valence electrons. The molecule has 1 N–H and O–H groups in total. The number of benzene rings is 3. The molecule has 0 saturated carbocycles. The molecule has 1 fully saturated rings. The van der Waals surface area contributed by atoms with Gasteiger partial charge in [0.2, 0.25) is 5.91 Å². The maximum atomic E-state index is 12.6. The molecule has 1 heterocycles. The molecule has 5 nitrogen and oxygen atoms in total. The number of amides is 2. The van der Waals surface area contributed by atoms with Crippen LogP contribution in [0, 0.1) is 0 Å². The summed E-state index contributed by atoms with van der Waals surface area (Å²) in [5, 5.41) is 3.27. The highest BCUT2D eigenvalue weighted by Gasteiger charge is 2.34. The second-order valence-electron chi connectivity index (χ2n) is 6.94. The van der Waals surface area contributed by atoms with E-state index in [4.69, 9.17) is 16.3 Å². The second-order valence-corrected chi connectivity index (χ2v) is 8.45. The zero-order valence-electron chi connectivity index (χ0n) is 16.9. The molecule has 3 aromatic carbocycles. The summed E-state index contributed by atoms with van der Waals surface area (Å²) >= 11 is 7.55. The van der Waals surface area contributed by atoms with Crippen molar-refractivity contribution in [3.63, 3.8) is 0 Å². The van der Waals surface area contributed by atoms with Gasteiger partial charge in [0.05, 0.1) is 12.4 Å². The first kappa shape index (κ1) is 21.3. The molecular weight excluding hydrogens is 432 g/mol. The summed E-state index contributed by atoms with van der Waals surface area (Å²) in [6, 6.07) is 21.9. The molecule has 0 aliphatic carbocycles. The third-order valence-corrected chi connectivity index (χ3v) is 6.28. The van der Waals surface area contributed by atoms with Gasteiger partial charge in [-0.1, -0.05) is 29.8 Å². The number of thioether (sulfide) groups is 1. The number of anilines is 2. The fraction of sp³-hybridized carbons (Fsp3) is 0.167. The summed E-state index contributed by atoms with van der Waals surface area (Å²) in [7, 11) is 0. The van der Waals surface area contributed by atoms with E-state index in [1.807, 2.05) is 55.5 Å². The topological polar surface area (TPSA) is 58.6 Å². The molecule has 31 heavy (non-hydrogen) atoms. The van der Waals surface area contributed by atoms with E-state index in [9.17, 15) is 9.59 Å². The lowest BCUT2D eigenvalue weighted by Crippen LogP contribution is -2.27. The monoisotopic (exact) mass is 452 g/mol. The van der Waals surface area contributed by atoms with Crippen molar-refractivity contribution in [2.24, 2.45) is 0 Å². The Kier molecular flexibility index (Phi) is 6.49. The number of hydrogen-bond donors (Lipinski definition) is 1. The van der Waals surface area contributed by atoms with Crippen LogP contribution in [-0.2, 0) is 4.79 Å². The first-order valence-electron chi connectivity index (χ1n) is 9.88. The molecule has 0 bridgehead atoms. The van der Waals surface area contributed by atoms with Gasteiger partial charge in [0.1, 0.15) is 11.1 Å². The van der Waals surface area contributed by atoms with Crippen LogP contribution in [0.4, 0.5) is 11.4 Å². The van der Waals surface area contributed by atoms with Crippen LogP contribution in [0.15, 0.2) is 72.8 Å². The van der Waals surface area contributed by atoms with E-state index >= 15 is 0 Å². The van der Waals surface area contributed by atoms with Gasteiger partial charge in [0, 0.05) is 22.0 Å². The number of ether oxygens (including phenoxy) is 1. The van der Waals surface area contributed by atoms with Crippen LogP contribution in [0.25, 0.3) is 0 Å².